The van der Waals surface area contributed by atoms with Crippen LogP contribution in [-0.2, 0) is 11.3 Å². The molecule has 0 aliphatic heterocycles. The summed E-state index contributed by atoms with van der Waals surface area (Å²) in [6.45, 7) is 6.92. The maximum atomic E-state index is 11.3. The van der Waals surface area contributed by atoms with Gasteiger partial charge in [-0.15, -0.1) is 0 Å². The van der Waals surface area contributed by atoms with Gasteiger partial charge in [0.2, 0.25) is 0 Å². The first-order chi connectivity index (χ1) is 8.38. The zero-order valence-corrected chi connectivity index (χ0v) is 11.8. The molecule has 1 heterocycles. The molecule has 0 fully saturated rings. The minimum atomic E-state index is -0.450. The van der Waals surface area contributed by atoms with E-state index in [1.54, 1.807) is 6.33 Å². The zero-order valence-electron chi connectivity index (χ0n) is 11.0. The smallest absolute Gasteiger partial charge is 0.407 e. The Morgan fingerprint density at radius 2 is 2.28 bits per heavy atom. The number of H-pyrrole nitrogens is 1. The van der Waals surface area contributed by atoms with Crippen molar-refractivity contribution in [2.24, 2.45) is 0 Å². The summed E-state index contributed by atoms with van der Waals surface area (Å²) < 4.78 is 7.61. The molecule has 0 unspecified atom stereocenters. The van der Waals surface area contributed by atoms with Gasteiger partial charge in [0.1, 0.15) is 11.9 Å². The molecule has 1 aromatic heterocycles. The number of nitrogens with zero attached hydrogens (tertiary/aromatic N) is 2. The van der Waals surface area contributed by atoms with E-state index in [0.29, 0.717) is 11.3 Å². The van der Waals surface area contributed by atoms with E-state index in [9.17, 15) is 4.79 Å². The fourth-order valence-electron chi connectivity index (χ4n) is 1.34. The highest BCUT2D eigenvalue weighted by Gasteiger charge is 2.15. The Balaban J connectivity index is 2.11. The van der Waals surface area contributed by atoms with Crippen LogP contribution in [0.25, 0.3) is 0 Å². The van der Waals surface area contributed by atoms with Crippen LogP contribution in [0.15, 0.2) is 6.33 Å². The summed E-state index contributed by atoms with van der Waals surface area (Å²) in [5.74, 6) is 0. The third-order valence-electron chi connectivity index (χ3n) is 2.11. The van der Waals surface area contributed by atoms with Crippen LogP contribution < -0.4 is 5.32 Å². The van der Waals surface area contributed by atoms with Crippen LogP contribution in [0.5, 0.6) is 0 Å². The number of nitrogens with one attached hydrogen (secondary N) is 2. The van der Waals surface area contributed by atoms with E-state index < -0.39 is 5.60 Å². The van der Waals surface area contributed by atoms with E-state index in [-0.39, 0.29) is 6.09 Å². The van der Waals surface area contributed by atoms with Crippen LogP contribution in [-0.4, -0.2) is 33.0 Å². The molecule has 1 rings (SSSR count). The van der Waals surface area contributed by atoms with Crippen LogP contribution in [0, 0.1) is 4.77 Å². The number of carbonyl (C=O) groups excluding carboxylic acids is 1. The van der Waals surface area contributed by atoms with Crippen molar-refractivity contribution >= 4 is 18.3 Å². The Hall–Kier alpha value is -1.37. The van der Waals surface area contributed by atoms with Gasteiger partial charge in [0, 0.05) is 13.1 Å². The van der Waals surface area contributed by atoms with Gasteiger partial charge >= 0.3 is 6.09 Å². The molecule has 0 bridgehead atoms. The zero-order chi connectivity index (χ0) is 13.6. The maximum absolute atomic E-state index is 11.3. The number of aromatic nitrogens is 3. The average molecular weight is 272 g/mol. The summed E-state index contributed by atoms with van der Waals surface area (Å²) in [5.41, 5.74) is -0.450. The minimum absolute atomic E-state index is 0.373. The molecule has 0 saturated heterocycles. The SMILES string of the molecule is CC(C)(C)OC(=O)NCCCCn1cn[nH]c1=S. The van der Waals surface area contributed by atoms with E-state index in [4.69, 9.17) is 17.0 Å². The van der Waals surface area contributed by atoms with Crippen molar-refractivity contribution in [2.75, 3.05) is 6.54 Å². The van der Waals surface area contributed by atoms with Gasteiger partial charge in [0.05, 0.1) is 0 Å². The molecule has 1 aromatic rings. The first-order valence-electron chi connectivity index (χ1n) is 5.95. The van der Waals surface area contributed by atoms with Gasteiger partial charge in [-0.25, -0.2) is 4.79 Å². The highest BCUT2D eigenvalue weighted by Crippen LogP contribution is 2.06. The highest BCUT2D eigenvalue weighted by molar-refractivity contribution is 7.71. The molecule has 6 nitrogen and oxygen atoms in total. The van der Waals surface area contributed by atoms with Gasteiger partial charge in [-0.1, -0.05) is 0 Å². The molecule has 0 spiro atoms. The molecule has 2 N–H and O–H groups in total. The molecule has 102 valence electrons. The predicted molar refractivity (Wildman–Crippen MR) is 70.9 cm³/mol. The lowest BCUT2D eigenvalue weighted by atomic mass is 10.2. The first kappa shape index (κ1) is 14.7. The van der Waals surface area contributed by atoms with Crippen molar-refractivity contribution < 1.29 is 9.53 Å². The van der Waals surface area contributed by atoms with Crippen molar-refractivity contribution in [1.29, 1.82) is 0 Å². The normalized spacial score (nSPS) is 11.3. The van der Waals surface area contributed by atoms with E-state index in [0.717, 1.165) is 19.4 Å². The number of carbonyl (C=O) groups is 1. The summed E-state index contributed by atoms with van der Waals surface area (Å²) >= 11 is 5.02. The average Bonchev–Trinajstić information content (AvgIpc) is 2.61. The molecule has 7 heteroatoms. The second kappa shape index (κ2) is 6.53. The summed E-state index contributed by atoms with van der Waals surface area (Å²) in [5, 5.41) is 9.24. The Bertz CT molecular complexity index is 433. The second-order valence-corrected chi connectivity index (χ2v) is 5.38. The molecule has 0 atom stereocenters. The molecule has 18 heavy (non-hydrogen) atoms. The summed E-state index contributed by atoms with van der Waals surface area (Å²) in [6, 6.07) is 0. The minimum Gasteiger partial charge on any atom is -0.444 e. The van der Waals surface area contributed by atoms with Crippen LogP contribution in [0.4, 0.5) is 4.79 Å². The highest BCUT2D eigenvalue weighted by atomic mass is 32.1. The third kappa shape index (κ3) is 5.81. The standard InChI is InChI=1S/C11H20N4O2S/c1-11(2,3)17-10(16)12-6-4-5-7-15-8-13-14-9(15)18/h8H,4-7H2,1-3H3,(H,12,16)(H,14,18). The summed E-state index contributed by atoms with van der Waals surface area (Å²) in [4.78, 5) is 11.3. The van der Waals surface area contributed by atoms with Crippen LogP contribution >= 0.6 is 12.2 Å². The fourth-order valence-corrected chi connectivity index (χ4v) is 1.53. The summed E-state index contributed by atoms with van der Waals surface area (Å²) in [6.07, 6.45) is 3.09. The number of ether oxygens (including phenoxy) is 1. The molecule has 0 radical (unpaired) electrons. The number of aryl methyl sites for hydroxylation is 1. The number of aromatic amines is 1. The van der Waals surface area contributed by atoms with Crippen LogP contribution in [0.2, 0.25) is 0 Å². The molecule has 0 aromatic carbocycles. The van der Waals surface area contributed by atoms with Crippen molar-refractivity contribution in [2.45, 2.75) is 45.8 Å². The van der Waals surface area contributed by atoms with Gasteiger partial charge in [0.15, 0.2) is 4.77 Å². The van der Waals surface area contributed by atoms with E-state index in [1.165, 1.54) is 0 Å². The topological polar surface area (TPSA) is 71.9 Å². The Morgan fingerprint density at radius 1 is 1.56 bits per heavy atom. The number of rotatable bonds is 5. The number of alkyl carbamates (subject to hydrolysis) is 1. The van der Waals surface area contributed by atoms with Gasteiger partial charge in [0.25, 0.3) is 0 Å². The number of hydrogen-bond donors (Lipinski definition) is 2. The second-order valence-electron chi connectivity index (χ2n) is 4.99. The molecular weight excluding hydrogens is 252 g/mol. The molecule has 0 aliphatic carbocycles. The van der Waals surface area contributed by atoms with E-state index in [2.05, 4.69) is 15.5 Å². The van der Waals surface area contributed by atoms with Crippen LogP contribution in [0.3, 0.4) is 0 Å². The number of unbranched alkanes of at least 4 members (excludes halogenated alkanes) is 1. The molecular formula is C11H20N4O2S. The fraction of sp³-hybridized carbons (Fsp3) is 0.727. The van der Waals surface area contributed by atoms with Crippen LogP contribution in [0.1, 0.15) is 33.6 Å². The summed E-state index contributed by atoms with van der Waals surface area (Å²) in [7, 11) is 0. The van der Waals surface area contributed by atoms with Gasteiger partial charge in [-0.3, -0.25) is 5.10 Å². The van der Waals surface area contributed by atoms with E-state index >= 15 is 0 Å². The lowest BCUT2D eigenvalue weighted by Crippen LogP contribution is -2.33. The molecule has 0 saturated carbocycles. The molecule has 1 amide bonds. The lowest BCUT2D eigenvalue weighted by Gasteiger charge is -2.19. The van der Waals surface area contributed by atoms with Crippen molar-refractivity contribution in [1.82, 2.24) is 20.1 Å². The predicted octanol–water partition coefficient (Wildman–Crippen LogP) is 2.25. The Labute approximate surface area is 112 Å². The van der Waals surface area contributed by atoms with Gasteiger partial charge < -0.3 is 14.6 Å². The Kier molecular flexibility index (Phi) is 5.33. The van der Waals surface area contributed by atoms with Crippen molar-refractivity contribution in [3.05, 3.63) is 11.1 Å². The maximum Gasteiger partial charge on any atom is 0.407 e. The van der Waals surface area contributed by atoms with Crippen molar-refractivity contribution in [3.63, 3.8) is 0 Å². The number of amides is 1. The quantitative estimate of drug-likeness (QED) is 0.637. The monoisotopic (exact) mass is 272 g/mol. The molecule has 0 aliphatic rings. The first-order valence-corrected chi connectivity index (χ1v) is 6.36. The van der Waals surface area contributed by atoms with Gasteiger partial charge in [-0.2, -0.15) is 5.10 Å². The lowest BCUT2D eigenvalue weighted by molar-refractivity contribution is 0.0527. The van der Waals surface area contributed by atoms with Gasteiger partial charge in [-0.05, 0) is 45.8 Å². The Morgan fingerprint density at radius 3 is 2.83 bits per heavy atom. The largest absolute Gasteiger partial charge is 0.444 e. The van der Waals surface area contributed by atoms with Crippen molar-refractivity contribution in [3.8, 4) is 0 Å². The third-order valence-corrected chi connectivity index (χ3v) is 2.44. The number of hydrogen-bond acceptors (Lipinski definition) is 4. The van der Waals surface area contributed by atoms with E-state index in [1.807, 2.05) is 25.3 Å².